The summed E-state index contributed by atoms with van der Waals surface area (Å²) in [5.74, 6) is -1.51. The number of carboxylic acid groups (broad SMARTS) is 1. The number of carbonyl (C=O) groups is 3. The summed E-state index contributed by atoms with van der Waals surface area (Å²) in [6, 6.07) is 14.3. The van der Waals surface area contributed by atoms with Crippen LogP contribution in [-0.4, -0.2) is 50.5 Å². The summed E-state index contributed by atoms with van der Waals surface area (Å²) in [7, 11) is 1.49. The van der Waals surface area contributed by atoms with Crippen molar-refractivity contribution in [3.63, 3.8) is 0 Å². The van der Waals surface area contributed by atoms with E-state index in [-0.39, 0.29) is 30.5 Å². The van der Waals surface area contributed by atoms with Crippen molar-refractivity contribution in [1.29, 1.82) is 0 Å². The molecule has 0 fully saturated rings. The molecule has 0 spiro atoms. The number of aliphatic carboxylic acids is 1. The number of hydrogen-bond acceptors (Lipinski definition) is 7. The monoisotopic (exact) mass is 507 g/mol. The fourth-order valence-corrected chi connectivity index (χ4v) is 4.36. The molecule has 1 aliphatic rings. The molecule has 0 aliphatic heterocycles. The molecule has 1 aromatic heterocycles. The number of ether oxygens (including phenoxy) is 2. The lowest BCUT2D eigenvalue weighted by molar-refractivity contribution is -0.139. The third kappa shape index (κ3) is 5.71. The largest absolute Gasteiger partial charge is 0.479 e. The van der Waals surface area contributed by atoms with E-state index in [4.69, 9.17) is 9.47 Å². The normalized spacial score (nSPS) is 13.3. The van der Waals surface area contributed by atoms with Crippen LogP contribution in [0.15, 0.2) is 48.5 Å². The minimum absolute atomic E-state index is 0.0306. The second-order valence-electron chi connectivity index (χ2n) is 9.64. The molecule has 4 rings (SSSR count). The first-order valence-corrected chi connectivity index (χ1v) is 11.7. The minimum atomic E-state index is -1.51. The number of nitrogens with zero attached hydrogens (tertiary/aromatic N) is 3. The van der Waals surface area contributed by atoms with Gasteiger partial charge in [-0.15, -0.1) is 5.10 Å². The van der Waals surface area contributed by atoms with Crippen LogP contribution in [-0.2, 0) is 27.9 Å². The third-order valence-electron chi connectivity index (χ3n) is 5.87. The summed E-state index contributed by atoms with van der Waals surface area (Å²) in [6.45, 7) is 5.05. The number of rotatable bonds is 7. The molecule has 1 atom stereocenters. The molecule has 11 nitrogen and oxygen atoms in total. The summed E-state index contributed by atoms with van der Waals surface area (Å²) in [5.41, 5.74) is 3.80. The Bertz CT molecular complexity index is 1280. The molecule has 1 aliphatic carbocycles. The number of nitrogens with one attached hydrogen (secondary N) is 2. The van der Waals surface area contributed by atoms with Gasteiger partial charge < -0.3 is 25.2 Å². The Hall–Kier alpha value is -4.41. The van der Waals surface area contributed by atoms with Crippen molar-refractivity contribution in [2.75, 3.05) is 6.61 Å². The molecule has 11 heteroatoms. The summed E-state index contributed by atoms with van der Waals surface area (Å²) < 4.78 is 11.9. The zero-order chi connectivity index (χ0) is 26.7. The zero-order valence-corrected chi connectivity index (χ0v) is 21.0. The van der Waals surface area contributed by atoms with E-state index in [1.54, 1.807) is 20.8 Å². The molecule has 0 radical (unpaired) electrons. The van der Waals surface area contributed by atoms with Gasteiger partial charge in [-0.05, 0) is 43.0 Å². The first-order chi connectivity index (χ1) is 17.5. The first kappa shape index (κ1) is 25.7. The maximum absolute atomic E-state index is 12.7. The number of carbonyl (C=O) groups excluding carboxylic acids is 2. The van der Waals surface area contributed by atoms with E-state index in [1.165, 1.54) is 11.7 Å². The molecule has 3 N–H and O–H groups in total. The topological polar surface area (TPSA) is 145 Å². The van der Waals surface area contributed by atoms with Gasteiger partial charge in [-0.1, -0.05) is 53.7 Å². The van der Waals surface area contributed by atoms with E-state index in [9.17, 15) is 19.5 Å². The van der Waals surface area contributed by atoms with Crippen molar-refractivity contribution in [3.8, 4) is 11.1 Å². The van der Waals surface area contributed by atoms with Crippen LogP contribution < -0.4 is 10.6 Å². The maximum Gasteiger partial charge on any atom is 0.408 e. The predicted octanol–water partition coefficient (Wildman–Crippen LogP) is 3.50. The lowest BCUT2D eigenvalue weighted by atomic mass is 9.98. The van der Waals surface area contributed by atoms with Gasteiger partial charge in [0.1, 0.15) is 17.9 Å². The highest BCUT2D eigenvalue weighted by atomic mass is 16.6. The van der Waals surface area contributed by atoms with Crippen LogP contribution in [0, 0.1) is 0 Å². The summed E-state index contributed by atoms with van der Waals surface area (Å²) in [4.78, 5) is 36.9. The smallest absolute Gasteiger partial charge is 0.408 e. The fraction of sp³-hybridized carbons (Fsp3) is 0.346. The minimum Gasteiger partial charge on any atom is -0.479 e. The Morgan fingerprint density at radius 2 is 1.62 bits per heavy atom. The quantitative estimate of drug-likeness (QED) is 0.441. The molecule has 0 bridgehead atoms. The van der Waals surface area contributed by atoms with Crippen molar-refractivity contribution in [1.82, 2.24) is 25.6 Å². The van der Waals surface area contributed by atoms with Crippen LogP contribution in [0.25, 0.3) is 11.1 Å². The molecular weight excluding hydrogens is 478 g/mol. The molecule has 3 aromatic rings. The van der Waals surface area contributed by atoms with Gasteiger partial charge in [0, 0.05) is 13.0 Å². The highest BCUT2D eigenvalue weighted by Crippen LogP contribution is 2.44. The van der Waals surface area contributed by atoms with Gasteiger partial charge in [-0.25, -0.2) is 19.1 Å². The van der Waals surface area contributed by atoms with E-state index in [2.05, 4.69) is 20.9 Å². The molecular formula is C26H29N5O6. The number of amides is 2. The molecule has 194 valence electrons. The molecule has 2 amide bonds. The predicted molar refractivity (Wildman–Crippen MR) is 133 cm³/mol. The number of aromatic nitrogens is 3. The number of alkyl carbamates (subject to hydrolysis) is 2. The van der Waals surface area contributed by atoms with Crippen molar-refractivity contribution in [2.24, 2.45) is 7.05 Å². The van der Waals surface area contributed by atoms with Gasteiger partial charge in [0.25, 0.3) is 0 Å². The van der Waals surface area contributed by atoms with Gasteiger partial charge >= 0.3 is 18.2 Å². The molecule has 0 saturated carbocycles. The van der Waals surface area contributed by atoms with Crippen molar-refractivity contribution >= 4 is 18.2 Å². The van der Waals surface area contributed by atoms with E-state index in [1.807, 2.05) is 48.5 Å². The third-order valence-corrected chi connectivity index (χ3v) is 5.87. The number of carboxylic acids is 1. The highest BCUT2D eigenvalue weighted by molar-refractivity contribution is 5.82. The first-order valence-electron chi connectivity index (χ1n) is 11.7. The van der Waals surface area contributed by atoms with E-state index in [0.717, 1.165) is 22.3 Å². The lowest BCUT2D eigenvalue weighted by Gasteiger charge is -2.20. The Morgan fingerprint density at radius 3 is 2.19 bits per heavy atom. The van der Waals surface area contributed by atoms with Crippen LogP contribution >= 0.6 is 0 Å². The van der Waals surface area contributed by atoms with E-state index < -0.39 is 29.8 Å². The highest BCUT2D eigenvalue weighted by Gasteiger charge is 2.32. The maximum atomic E-state index is 12.7. The summed E-state index contributed by atoms with van der Waals surface area (Å²) in [6.07, 6.45) is -1.60. The second kappa shape index (κ2) is 10.3. The van der Waals surface area contributed by atoms with Crippen LogP contribution in [0.5, 0.6) is 0 Å². The van der Waals surface area contributed by atoms with Crippen LogP contribution in [0.3, 0.4) is 0 Å². The summed E-state index contributed by atoms with van der Waals surface area (Å²) in [5, 5.41) is 22.6. The second-order valence-corrected chi connectivity index (χ2v) is 9.64. The average molecular weight is 508 g/mol. The summed E-state index contributed by atoms with van der Waals surface area (Å²) >= 11 is 0. The standard InChI is InChI=1S/C26H29N5O6/c1-26(2,3)37-24(34)27-13-20-22(31(4)30-29-20)21(23(32)33)28-25(35)36-14-19-17-11-7-5-9-15(17)16-10-6-8-12-18(16)19/h5-12,19,21H,13-14H2,1-4H3,(H,27,34)(H,28,35)(H,32,33). The fourth-order valence-electron chi connectivity index (χ4n) is 4.36. The van der Waals surface area contributed by atoms with Crippen molar-refractivity contribution < 1.29 is 29.0 Å². The van der Waals surface area contributed by atoms with Gasteiger partial charge in [0.2, 0.25) is 0 Å². The molecule has 1 unspecified atom stereocenters. The lowest BCUT2D eigenvalue weighted by Crippen LogP contribution is -2.37. The van der Waals surface area contributed by atoms with Gasteiger partial charge in [-0.2, -0.15) is 0 Å². The SMILES string of the molecule is Cn1nnc(CNC(=O)OC(C)(C)C)c1C(NC(=O)OCC1c2ccccc2-c2ccccc21)C(=O)O. The Labute approximate surface area is 213 Å². The van der Waals surface area contributed by atoms with Crippen LogP contribution in [0.4, 0.5) is 9.59 Å². The molecule has 1 heterocycles. The number of aryl methyl sites for hydroxylation is 1. The average Bonchev–Trinajstić information content (AvgIpc) is 3.36. The number of benzene rings is 2. The Kier molecular flexibility index (Phi) is 7.14. The van der Waals surface area contributed by atoms with Crippen LogP contribution in [0.2, 0.25) is 0 Å². The van der Waals surface area contributed by atoms with Crippen LogP contribution in [0.1, 0.15) is 55.2 Å². The Balaban J connectivity index is 1.45. The molecule has 2 aromatic carbocycles. The number of fused-ring (bicyclic) bond motifs is 3. The molecule has 37 heavy (non-hydrogen) atoms. The molecule has 0 saturated heterocycles. The Morgan fingerprint density at radius 1 is 1.03 bits per heavy atom. The number of hydrogen-bond donors (Lipinski definition) is 3. The zero-order valence-electron chi connectivity index (χ0n) is 21.0. The van der Waals surface area contributed by atoms with Crippen molar-refractivity contribution in [3.05, 3.63) is 71.0 Å². The van der Waals surface area contributed by atoms with Crippen molar-refractivity contribution in [2.45, 2.75) is 44.9 Å². The van der Waals surface area contributed by atoms with E-state index in [0.29, 0.717) is 0 Å². The van der Waals surface area contributed by atoms with Gasteiger partial charge in [0.15, 0.2) is 6.04 Å². The van der Waals surface area contributed by atoms with Gasteiger partial charge in [-0.3, -0.25) is 0 Å². The van der Waals surface area contributed by atoms with Gasteiger partial charge in [0.05, 0.1) is 12.2 Å². The van der Waals surface area contributed by atoms with E-state index >= 15 is 0 Å².